The van der Waals surface area contributed by atoms with Crippen molar-refractivity contribution in [2.45, 2.75) is 10.9 Å². The lowest BCUT2D eigenvalue weighted by Crippen LogP contribution is -2.31. The standard InChI is InChI=1S/C19H19N5O4S2/c1-24-8-7-20-19(24)17(12-9-13(27-2)11-14(10-12)28-3)23-30(25,26)16-6-4-5-15-18(16)22-29-21-15/h4-11,17,23H,1-3H3/t17-/m1/s1. The molecule has 2 aromatic carbocycles. The van der Waals surface area contributed by atoms with Crippen LogP contribution in [0.2, 0.25) is 0 Å². The van der Waals surface area contributed by atoms with Gasteiger partial charge in [0.2, 0.25) is 10.0 Å². The monoisotopic (exact) mass is 445 g/mol. The Morgan fingerprint density at radius 3 is 2.47 bits per heavy atom. The molecule has 0 saturated heterocycles. The van der Waals surface area contributed by atoms with E-state index in [4.69, 9.17) is 9.47 Å². The Morgan fingerprint density at radius 2 is 1.83 bits per heavy atom. The minimum absolute atomic E-state index is 0.0582. The number of rotatable bonds is 7. The van der Waals surface area contributed by atoms with Gasteiger partial charge in [-0.3, -0.25) is 0 Å². The van der Waals surface area contributed by atoms with Gasteiger partial charge in [-0.1, -0.05) is 6.07 Å². The summed E-state index contributed by atoms with van der Waals surface area (Å²) in [5.41, 5.74) is 1.48. The van der Waals surface area contributed by atoms with Crippen LogP contribution in [0, 0.1) is 0 Å². The van der Waals surface area contributed by atoms with E-state index in [1.807, 2.05) is 0 Å². The Kier molecular flexibility index (Phi) is 5.41. The lowest BCUT2D eigenvalue weighted by Gasteiger charge is -2.20. The Hall–Kier alpha value is -3.02. The molecule has 30 heavy (non-hydrogen) atoms. The smallest absolute Gasteiger partial charge is 0.243 e. The summed E-state index contributed by atoms with van der Waals surface area (Å²) in [5, 5.41) is 0. The maximum Gasteiger partial charge on any atom is 0.243 e. The molecule has 4 aromatic rings. The topological polar surface area (TPSA) is 108 Å². The summed E-state index contributed by atoms with van der Waals surface area (Å²) in [7, 11) is 0.903. The maximum atomic E-state index is 13.4. The van der Waals surface area contributed by atoms with Crippen LogP contribution >= 0.6 is 11.7 Å². The molecule has 11 heteroatoms. The van der Waals surface area contributed by atoms with E-state index >= 15 is 0 Å². The number of sulfonamides is 1. The van der Waals surface area contributed by atoms with Crippen molar-refractivity contribution >= 4 is 32.8 Å². The van der Waals surface area contributed by atoms with Crippen LogP contribution in [0.4, 0.5) is 0 Å². The number of methoxy groups -OCH3 is 2. The highest BCUT2D eigenvalue weighted by Crippen LogP contribution is 2.31. The first-order valence-corrected chi connectivity index (χ1v) is 11.1. The van der Waals surface area contributed by atoms with Crippen LogP contribution in [-0.2, 0) is 17.1 Å². The highest BCUT2D eigenvalue weighted by atomic mass is 32.2. The Labute approximate surface area is 177 Å². The number of fused-ring (bicyclic) bond motifs is 1. The first-order chi connectivity index (χ1) is 14.4. The van der Waals surface area contributed by atoms with Gasteiger partial charge in [-0.05, 0) is 29.8 Å². The molecule has 1 atom stereocenters. The molecule has 1 N–H and O–H groups in total. The van der Waals surface area contributed by atoms with E-state index in [1.165, 1.54) is 20.3 Å². The molecular formula is C19H19N5O4S2. The van der Waals surface area contributed by atoms with Crippen molar-refractivity contribution in [3.63, 3.8) is 0 Å². The predicted molar refractivity (Wildman–Crippen MR) is 112 cm³/mol. The van der Waals surface area contributed by atoms with E-state index in [9.17, 15) is 8.42 Å². The Bertz CT molecular complexity index is 1280. The van der Waals surface area contributed by atoms with Crippen LogP contribution in [0.25, 0.3) is 11.0 Å². The molecule has 0 amide bonds. The van der Waals surface area contributed by atoms with Crippen molar-refractivity contribution in [1.82, 2.24) is 23.0 Å². The summed E-state index contributed by atoms with van der Waals surface area (Å²) in [6.07, 6.45) is 3.36. The molecule has 0 aliphatic carbocycles. The average molecular weight is 446 g/mol. The van der Waals surface area contributed by atoms with Crippen LogP contribution in [0.5, 0.6) is 11.5 Å². The van der Waals surface area contributed by atoms with Gasteiger partial charge in [-0.25, -0.2) is 13.4 Å². The second kappa shape index (κ2) is 8.01. The number of ether oxygens (including phenoxy) is 2. The number of aryl methyl sites for hydroxylation is 1. The highest BCUT2D eigenvalue weighted by Gasteiger charge is 2.28. The second-order valence-electron chi connectivity index (χ2n) is 6.48. The van der Waals surface area contributed by atoms with Crippen LogP contribution in [-0.4, -0.2) is 40.9 Å². The largest absolute Gasteiger partial charge is 0.497 e. The summed E-state index contributed by atoms with van der Waals surface area (Å²) in [4.78, 5) is 4.42. The number of nitrogens with one attached hydrogen (secondary N) is 1. The molecule has 0 aliphatic heterocycles. The van der Waals surface area contributed by atoms with Crippen molar-refractivity contribution in [2.24, 2.45) is 7.05 Å². The Morgan fingerprint density at radius 1 is 1.10 bits per heavy atom. The van der Waals surface area contributed by atoms with Crippen LogP contribution in [0.1, 0.15) is 17.4 Å². The van der Waals surface area contributed by atoms with Gasteiger partial charge in [0.15, 0.2) is 0 Å². The van der Waals surface area contributed by atoms with Gasteiger partial charge in [0.05, 0.1) is 25.9 Å². The van der Waals surface area contributed by atoms with E-state index in [2.05, 4.69) is 18.5 Å². The fourth-order valence-electron chi connectivity index (χ4n) is 3.14. The number of benzene rings is 2. The SMILES string of the molecule is COc1cc(OC)cc([C@@H](NS(=O)(=O)c2cccc3nsnc23)c2nccn2C)c1. The summed E-state index contributed by atoms with van der Waals surface area (Å²) >= 11 is 0.967. The van der Waals surface area contributed by atoms with Crippen molar-refractivity contribution in [3.05, 3.63) is 60.2 Å². The van der Waals surface area contributed by atoms with Crippen molar-refractivity contribution in [1.29, 1.82) is 0 Å². The molecule has 0 bridgehead atoms. The summed E-state index contributed by atoms with van der Waals surface area (Å²) in [6, 6.07) is 9.29. The molecule has 0 saturated carbocycles. The molecule has 9 nitrogen and oxygen atoms in total. The second-order valence-corrected chi connectivity index (χ2v) is 8.70. The minimum atomic E-state index is -3.97. The van der Waals surface area contributed by atoms with Crippen molar-refractivity contribution < 1.29 is 17.9 Å². The number of hydrogen-bond donors (Lipinski definition) is 1. The van der Waals surface area contributed by atoms with E-state index < -0.39 is 16.1 Å². The van der Waals surface area contributed by atoms with Gasteiger partial charge in [0, 0.05) is 25.5 Å². The number of aromatic nitrogens is 4. The zero-order valence-corrected chi connectivity index (χ0v) is 18.1. The lowest BCUT2D eigenvalue weighted by molar-refractivity contribution is 0.392. The van der Waals surface area contributed by atoms with Gasteiger partial charge in [-0.15, -0.1) is 0 Å². The van der Waals surface area contributed by atoms with Gasteiger partial charge < -0.3 is 14.0 Å². The molecule has 156 valence electrons. The van der Waals surface area contributed by atoms with Crippen LogP contribution in [0.15, 0.2) is 53.7 Å². The number of hydrogen-bond acceptors (Lipinski definition) is 8. The van der Waals surface area contributed by atoms with Crippen molar-refractivity contribution in [2.75, 3.05) is 14.2 Å². The lowest BCUT2D eigenvalue weighted by atomic mass is 10.1. The third-order valence-corrected chi connectivity index (χ3v) is 6.63. The van der Waals surface area contributed by atoms with Crippen LogP contribution < -0.4 is 14.2 Å². The average Bonchev–Trinajstić information content (AvgIpc) is 3.40. The highest BCUT2D eigenvalue weighted by molar-refractivity contribution is 7.89. The Balaban J connectivity index is 1.84. The number of nitrogens with zero attached hydrogens (tertiary/aromatic N) is 4. The molecule has 2 aromatic heterocycles. The van der Waals surface area contributed by atoms with Gasteiger partial charge >= 0.3 is 0 Å². The van der Waals surface area contributed by atoms with Crippen LogP contribution in [0.3, 0.4) is 0 Å². The third kappa shape index (κ3) is 3.74. The molecular weight excluding hydrogens is 426 g/mol. The zero-order chi connectivity index (χ0) is 21.3. The third-order valence-electron chi connectivity index (χ3n) is 4.64. The van der Waals surface area contributed by atoms with Gasteiger partial charge in [0.25, 0.3) is 0 Å². The quantitative estimate of drug-likeness (QED) is 0.466. The van der Waals surface area contributed by atoms with Crippen molar-refractivity contribution in [3.8, 4) is 11.5 Å². The molecule has 0 fully saturated rings. The summed E-state index contributed by atoms with van der Waals surface area (Å²) in [5.74, 6) is 1.58. The molecule has 0 radical (unpaired) electrons. The van der Waals surface area contributed by atoms with E-state index in [1.54, 1.807) is 54.3 Å². The maximum absolute atomic E-state index is 13.4. The molecule has 2 heterocycles. The number of imidazole rings is 1. The predicted octanol–water partition coefficient (Wildman–Crippen LogP) is 2.51. The zero-order valence-electron chi connectivity index (χ0n) is 16.4. The fourth-order valence-corrected chi connectivity index (χ4v) is 5.09. The van der Waals surface area contributed by atoms with E-state index in [0.717, 1.165) is 11.7 Å². The molecule has 0 unspecified atom stereocenters. The molecule has 0 spiro atoms. The normalized spacial score (nSPS) is 12.8. The minimum Gasteiger partial charge on any atom is -0.497 e. The first kappa shape index (κ1) is 20.3. The fraction of sp³-hybridized carbons (Fsp3) is 0.211. The van der Waals surface area contributed by atoms with Gasteiger partial charge in [0.1, 0.15) is 39.3 Å². The summed E-state index contributed by atoms with van der Waals surface area (Å²) in [6.45, 7) is 0. The first-order valence-electron chi connectivity index (χ1n) is 8.86. The van der Waals surface area contributed by atoms with E-state index in [-0.39, 0.29) is 4.90 Å². The molecule has 0 aliphatic rings. The van der Waals surface area contributed by atoms with E-state index in [0.29, 0.717) is 33.9 Å². The van der Waals surface area contributed by atoms with Gasteiger partial charge in [-0.2, -0.15) is 13.5 Å². The molecule has 4 rings (SSSR count). The summed E-state index contributed by atoms with van der Waals surface area (Å²) < 4.78 is 50.3.